The molecule has 0 aromatic heterocycles. The van der Waals surface area contributed by atoms with Gasteiger partial charge in [-0.25, -0.2) is 4.79 Å². The van der Waals surface area contributed by atoms with Gasteiger partial charge in [0.1, 0.15) is 0 Å². The Balaban J connectivity index is 1.29. The first-order valence-electron chi connectivity index (χ1n) is 13.9. The smallest absolute Gasteiger partial charge is 0.337 e. The number of ether oxygens (including phenoxy) is 1. The van der Waals surface area contributed by atoms with Crippen molar-refractivity contribution >= 4 is 52.4 Å². The van der Waals surface area contributed by atoms with Crippen molar-refractivity contribution in [3.8, 4) is 0 Å². The standard InChI is InChI=1S/C30H38Cl2N4O4/c1-21(37)35-18-10-22(11-19-35)29(38)36(26-8-9-27(31)28(32)20-26)15-3-14-34-16-12-25(13-17-34)33-24-6-4-23(5-7-24)30(39)40-2/h4-9,20,22,25,33H,3,10-19H2,1-2H3. The predicted molar refractivity (Wildman–Crippen MR) is 159 cm³/mol. The second-order valence-corrected chi connectivity index (χ2v) is 11.4. The highest BCUT2D eigenvalue weighted by molar-refractivity contribution is 6.42. The van der Waals surface area contributed by atoms with Crippen molar-refractivity contribution in [1.82, 2.24) is 9.80 Å². The second kappa shape index (κ2) is 14.2. The van der Waals surface area contributed by atoms with Crippen LogP contribution in [0, 0.1) is 5.92 Å². The Morgan fingerprint density at radius 1 is 0.950 bits per heavy atom. The van der Waals surface area contributed by atoms with E-state index in [9.17, 15) is 14.4 Å². The Hall–Kier alpha value is -2.81. The summed E-state index contributed by atoms with van der Waals surface area (Å²) in [6.07, 6.45) is 4.21. The maximum atomic E-state index is 13.6. The van der Waals surface area contributed by atoms with Gasteiger partial charge < -0.3 is 24.8 Å². The summed E-state index contributed by atoms with van der Waals surface area (Å²) in [5, 5.41) is 4.46. The van der Waals surface area contributed by atoms with Crippen LogP contribution in [0.4, 0.5) is 11.4 Å². The van der Waals surface area contributed by atoms with Crippen LogP contribution in [0.2, 0.25) is 10.0 Å². The van der Waals surface area contributed by atoms with Gasteiger partial charge in [-0.15, -0.1) is 0 Å². The summed E-state index contributed by atoms with van der Waals surface area (Å²) in [6, 6.07) is 13.1. The average Bonchev–Trinajstić information content (AvgIpc) is 2.97. The summed E-state index contributed by atoms with van der Waals surface area (Å²) < 4.78 is 4.76. The third-order valence-electron chi connectivity index (χ3n) is 7.89. The van der Waals surface area contributed by atoms with Crippen LogP contribution in [0.5, 0.6) is 0 Å². The molecule has 0 bridgehead atoms. The highest BCUT2D eigenvalue weighted by Gasteiger charge is 2.30. The van der Waals surface area contributed by atoms with E-state index in [0.29, 0.717) is 54.1 Å². The molecule has 0 radical (unpaired) electrons. The third kappa shape index (κ3) is 7.89. The fraction of sp³-hybridized carbons (Fsp3) is 0.500. The molecule has 2 fully saturated rings. The van der Waals surface area contributed by atoms with Gasteiger partial charge in [-0.2, -0.15) is 0 Å². The molecule has 2 aliphatic rings. The number of benzene rings is 2. The van der Waals surface area contributed by atoms with Gasteiger partial charge in [0, 0.05) is 63.0 Å². The van der Waals surface area contributed by atoms with Crippen molar-refractivity contribution in [3.63, 3.8) is 0 Å². The molecule has 0 aliphatic carbocycles. The zero-order valence-corrected chi connectivity index (χ0v) is 24.7. The predicted octanol–water partition coefficient (Wildman–Crippen LogP) is 5.34. The minimum absolute atomic E-state index is 0.0580. The fourth-order valence-corrected chi connectivity index (χ4v) is 5.78. The molecular weight excluding hydrogens is 551 g/mol. The van der Waals surface area contributed by atoms with Gasteiger partial charge in [0.05, 0.1) is 22.7 Å². The summed E-state index contributed by atoms with van der Waals surface area (Å²) in [4.78, 5) is 43.1. The van der Waals surface area contributed by atoms with Gasteiger partial charge >= 0.3 is 5.97 Å². The summed E-state index contributed by atoms with van der Waals surface area (Å²) in [6.45, 7) is 6.23. The molecule has 0 atom stereocenters. The third-order valence-corrected chi connectivity index (χ3v) is 8.63. The topological polar surface area (TPSA) is 82.2 Å². The van der Waals surface area contributed by atoms with Crippen molar-refractivity contribution in [2.24, 2.45) is 5.92 Å². The van der Waals surface area contributed by atoms with Crippen LogP contribution < -0.4 is 10.2 Å². The van der Waals surface area contributed by atoms with Crippen molar-refractivity contribution in [3.05, 3.63) is 58.1 Å². The molecule has 0 unspecified atom stereocenters. The lowest BCUT2D eigenvalue weighted by atomic mass is 9.94. The summed E-state index contributed by atoms with van der Waals surface area (Å²) in [5.74, 6) is -0.309. The number of nitrogens with one attached hydrogen (secondary N) is 1. The summed E-state index contributed by atoms with van der Waals surface area (Å²) >= 11 is 12.5. The Bertz CT molecular complexity index is 1180. The minimum Gasteiger partial charge on any atom is -0.465 e. The van der Waals surface area contributed by atoms with Gasteiger partial charge in [-0.05, 0) is 81.1 Å². The molecule has 0 spiro atoms. The fourth-order valence-electron chi connectivity index (χ4n) is 5.49. The van der Waals surface area contributed by atoms with Crippen LogP contribution in [-0.2, 0) is 14.3 Å². The average molecular weight is 590 g/mol. The molecule has 216 valence electrons. The lowest BCUT2D eigenvalue weighted by Gasteiger charge is -2.35. The van der Waals surface area contributed by atoms with Gasteiger partial charge in [0.15, 0.2) is 0 Å². The van der Waals surface area contributed by atoms with E-state index < -0.39 is 0 Å². The number of likely N-dealkylation sites (tertiary alicyclic amines) is 2. The molecule has 2 aliphatic heterocycles. The number of nitrogens with zero attached hydrogens (tertiary/aromatic N) is 3. The molecule has 2 aromatic rings. The molecule has 4 rings (SSSR count). The SMILES string of the molecule is COC(=O)c1ccc(NC2CCN(CCCN(C(=O)C3CCN(C(C)=O)CC3)c3ccc(Cl)c(Cl)c3)CC2)cc1. The molecule has 2 amide bonds. The lowest BCUT2D eigenvalue weighted by Crippen LogP contribution is -2.45. The number of amides is 2. The van der Waals surface area contributed by atoms with E-state index in [2.05, 4.69) is 10.2 Å². The second-order valence-electron chi connectivity index (χ2n) is 10.6. The number of esters is 1. The highest BCUT2D eigenvalue weighted by Crippen LogP contribution is 2.30. The normalized spacial score (nSPS) is 16.9. The Morgan fingerprint density at radius 3 is 2.23 bits per heavy atom. The number of piperidine rings is 2. The van der Waals surface area contributed by atoms with Crippen molar-refractivity contribution < 1.29 is 19.1 Å². The number of hydrogen-bond donors (Lipinski definition) is 1. The van der Waals surface area contributed by atoms with E-state index in [1.54, 1.807) is 31.2 Å². The van der Waals surface area contributed by atoms with E-state index in [4.69, 9.17) is 27.9 Å². The van der Waals surface area contributed by atoms with Crippen LogP contribution in [0.15, 0.2) is 42.5 Å². The van der Waals surface area contributed by atoms with Crippen molar-refractivity contribution in [2.45, 2.75) is 45.1 Å². The zero-order chi connectivity index (χ0) is 28.6. The van der Waals surface area contributed by atoms with Crippen LogP contribution in [0.25, 0.3) is 0 Å². The number of halogens is 2. The van der Waals surface area contributed by atoms with Gasteiger partial charge in [-0.1, -0.05) is 23.2 Å². The lowest BCUT2D eigenvalue weighted by molar-refractivity contribution is -0.133. The molecular formula is C30H38Cl2N4O4. The first-order chi connectivity index (χ1) is 19.2. The van der Waals surface area contributed by atoms with Crippen LogP contribution in [-0.4, -0.2) is 80.0 Å². The number of rotatable bonds is 9. The van der Waals surface area contributed by atoms with Gasteiger partial charge in [0.2, 0.25) is 11.8 Å². The molecule has 40 heavy (non-hydrogen) atoms. The monoisotopic (exact) mass is 588 g/mol. The molecule has 10 heteroatoms. The minimum atomic E-state index is -0.336. The molecule has 2 aromatic carbocycles. The largest absolute Gasteiger partial charge is 0.465 e. The number of anilines is 2. The number of carbonyl (C=O) groups excluding carboxylic acids is 3. The van der Waals surface area contributed by atoms with E-state index in [1.165, 1.54) is 7.11 Å². The Labute approximate surface area is 246 Å². The number of carbonyl (C=O) groups is 3. The van der Waals surface area contributed by atoms with E-state index in [-0.39, 0.29) is 23.7 Å². The molecule has 2 heterocycles. The summed E-state index contributed by atoms with van der Waals surface area (Å²) in [7, 11) is 1.38. The van der Waals surface area contributed by atoms with Crippen LogP contribution in [0.3, 0.4) is 0 Å². The molecule has 8 nitrogen and oxygen atoms in total. The van der Waals surface area contributed by atoms with E-state index >= 15 is 0 Å². The van der Waals surface area contributed by atoms with E-state index in [0.717, 1.165) is 50.3 Å². The Kier molecular flexibility index (Phi) is 10.7. The first-order valence-corrected chi connectivity index (χ1v) is 14.7. The number of methoxy groups -OCH3 is 1. The van der Waals surface area contributed by atoms with Crippen molar-refractivity contribution in [2.75, 3.05) is 56.6 Å². The molecule has 2 saturated heterocycles. The van der Waals surface area contributed by atoms with Gasteiger partial charge in [0.25, 0.3) is 0 Å². The zero-order valence-electron chi connectivity index (χ0n) is 23.2. The van der Waals surface area contributed by atoms with Crippen LogP contribution in [0.1, 0.15) is 49.4 Å². The molecule has 1 N–H and O–H groups in total. The Morgan fingerprint density at radius 2 is 1.62 bits per heavy atom. The van der Waals surface area contributed by atoms with Crippen molar-refractivity contribution in [1.29, 1.82) is 0 Å². The van der Waals surface area contributed by atoms with Crippen LogP contribution >= 0.6 is 23.2 Å². The number of hydrogen-bond acceptors (Lipinski definition) is 6. The first kappa shape index (κ1) is 30.2. The van der Waals surface area contributed by atoms with Gasteiger partial charge in [-0.3, -0.25) is 9.59 Å². The molecule has 0 saturated carbocycles. The highest BCUT2D eigenvalue weighted by atomic mass is 35.5. The quantitative estimate of drug-likeness (QED) is 0.398. The van der Waals surface area contributed by atoms with E-state index in [1.807, 2.05) is 28.0 Å². The summed E-state index contributed by atoms with van der Waals surface area (Å²) in [5.41, 5.74) is 2.29. The maximum absolute atomic E-state index is 13.6. The maximum Gasteiger partial charge on any atom is 0.337 e.